The van der Waals surface area contributed by atoms with E-state index in [1.807, 2.05) is 6.92 Å². The molecule has 0 aliphatic carbocycles. The number of aliphatic hydroxyl groups excluding tert-OH is 1. The lowest BCUT2D eigenvalue weighted by Crippen LogP contribution is -2.41. The number of benzene rings is 1. The highest BCUT2D eigenvalue weighted by molar-refractivity contribution is 5.28. The maximum absolute atomic E-state index is 9.83. The summed E-state index contributed by atoms with van der Waals surface area (Å²) in [7, 11) is 0. The van der Waals surface area contributed by atoms with Gasteiger partial charge in [0.05, 0.1) is 6.10 Å². The molecule has 0 radical (unpaired) electrons. The van der Waals surface area contributed by atoms with Gasteiger partial charge < -0.3 is 10.0 Å². The van der Waals surface area contributed by atoms with Crippen LogP contribution in [0.3, 0.4) is 0 Å². The van der Waals surface area contributed by atoms with Crippen LogP contribution in [0.15, 0.2) is 24.3 Å². The highest BCUT2D eigenvalue weighted by atomic mass is 16.3. The molecule has 1 unspecified atom stereocenters. The smallest absolute Gasteiger partial charge is 0.0575 e. The predicted molar refractivity (Wildman–Crippen MR) is 75.8 cm³/mol. The Morgan fingerprint density at radius 2 is 1.67 bits per heavy atom. The van der Waals surface area contributed by atoms with Crippen LogP contribution in [0.1, 0.15) is 31.9 Å². The van der Waals surface area contributed by atoms with E-state index < -0.39 is 0 Å². The Balaban J connectivity index is 2.00. The first-order valence-corrected chi connectivity index (χ1v) is 6.96. The topological polar surface area (TPSA) is 23.5 Å². The minimum Gasteiger partial charge on any atom is -0.393 e. The fourth-order valence-electron chi connectivity index (χ4n) is 2.58. The van der Waals surface area contributed by atoms with Crippen LogP contribution in [-0.4, -0.2) is 35.7 Å². The van der Waals surface area contributed by atoms with Crippen molar-refractivity contribution in [2.24, 2.45) is 5.41 Å². The van der Waals surface area contributed by atoms with Crippen molar-refractivity contribution >= 4 is 0 Å². The van der Waals surface area contributed by atoms with Crippen molar-refractivity contribution in [1.29, 1.82) is 0 Å². The van der Waals surface area contributed by atoms with E-state index in [0.29, 0.717) is 0 Å². The van der Waals surface area contributed by atoms with Gasteiger partial charge in [0.1, 0.15) is 0 Å². The fourth-order valence-corrected chi connectivity index (χ4v) is 2.58. The minimum atomic E-state index is -0.261. The molecule has 1 atom stereocenters. The van der Waals surface area contributed by atoms with Gasteiger partial charge in [-0.1, -0.05) is 38.1 Å². The number of rotatable bonds is 3. The molecule has 18 heavy (non-hydrogen) atoms. The Bertz CT molecular complexity index is 371. The molecule has 2 rings (SSSR count). The maximum atomic E-state index is 9.83. The summed E-state index contributed by atoms with van der Waals surface area (Å²) < 4.78 is 0. The van der Waals surface area contributed by atoms with E-state index in [0.717, 1.165) is 32.5 Å². The molecule has 1 aromatic rings. The Kier molecular flexibility index (Phi) is 4.08. The van der Waals surface area contributed by atoms with E-state index in [1.165, 1.54) is 11.1 Å². The van der Waals surface area contributed by atoms with E-state index >= 15 is 0 Å². The molecular weight excluding hydrogens is 222 g/mol. The molecule has 1 aliphatic heterocycles. The molecule has 0 saturated carbocycles. The summed E-state index contributed by atoms with van der Waals surface area (Å²) in [5, 5.41) is 9.83. The number of aliphatic hydroxyl groups is 1. The van der Waals surface area contributed by atoms with Gasteiger partial charge >= 0.3 is 0 Å². The zero-order valence-electron chi connectivity index (χ0n) is 11.8. The predicted octanol–water partition coefficient (Wildman–Crippen LogP) is 2.49. The van der Waals surface area contributed by atoms with Gasteiger partial charge in [0, 0.05) is 25.0 Å². The summed E-state index contributed by atoms with van der Waals surface area (Å²) in [6.45, 7) is 9.37. The first-order chi connectivity index (χ1) is 8.49. The molecule has 0 saturated heterocycles. The van der Waals surface area contributed by atoms with Gasteiger partial charge in [-0.25, -0.2) is 0 Å². The average Bonchev–Trinajstić information content (AvgIpc) is 2.52. The zero-order valence-corrected chi connectivity index (χ0v) is 11.8. The maximum Gasteiger partial charge on any atom is 0.0575 e. The van der Waals surface area contributed by atoms with Crippen LogP contribution in [0.2, 0.25) is 0 Å². The highest BCUT2D eigenvalue weighted by Crippen LogP contribution is 2.24. The van der Waals surface area contributed by atoms with Gasteiger partial charge in [-0.15, -0.1) is 0 Å². The van der Waals surface area contributed by atoms with Gasteiger partial charge in [0.15, 0.2) is 0 Å². The molecule has 1 aliphatic rings. The fraction of sp³-hybridized carbons (Fsp3) is 0.625. The van der Waals surface area contributed by atoms with E-state index in [9.17, 15) is 5.11 Å². The van der Waals surface area contributed by atoms with Crippen molar-refractivity contribution in [2.45, 2.75) is 39.7 Å². The third kappa shape index (κ3) is 3.12. The number of hydrogen-bond donors (Lipinski definition) is 1. The summed E-state index contributed by atoms with van der Waals surface area (Å²) in [5.74, 6) is 0. The quantitative estimate of drug-likeness (QED) is 0.887. The summed E-state index contributed by atoms with van der Waals surface area (Å²) in [6, 6.07) is 8.76. The third-order valence-electron chi connectivity index (χ3n) is 4.28. The third-order valence-corrected chi connectivity index (χ3v) is 4.28. The van der Waals surface area contributed by atoms with Gasteiger partial charge in [-0.2, -0.15) is 0 Å². The minimum absolute atomic E-state index is 0.0312. The molecule has 100 valence electrons. The lowest BCUT2D eigenvalue weighted by molar-refractivity contribution is 0.0355. The van der Waals surface area contributed by atoms with Gasteiger partial charge in [0.2, 0.25) is 0 Å². The molecule has 0 fully saturated rings. The Morgan fingerprint density at radius 3 is 2.11 bits per heavy atom. The van der Waals surface area contributed by atoms with Gasteiger partial charge in [0.25, 0.3) is 0 Å². The van der Waals surface area contributed by atoms with Crippen LogP contribution >= 0.6 is 0 Å². The molecule has 0 amide bonds. The molecule has 2 nitrogen and oxygen atoms in total. The first-order valence-electron chi connectivity index (χ1n) is 6.96. The summed E-state index contributed by atoms with van der Waals surface area (Å²) in [5.41, 5.74) is 2.96. The summed E-state index contributed by atoms with van der Waals surface area (Å²) in [6.07, 6.45) is 2.00. The second-order valence-corrected chi connectivity index (χ2v) is 6.21. The van der Waals surface area contributed by atoms with Gasteiger partial charge in [-0.3, -0.25) is 0 Å². The molecule has 0 bridgehead atoms. The van der Waals surface area contributed by atoms with E-state index in [4.69, 9.17) is 0 Å². The molecular formula is C16H25NO. The number of hydrogen-bond acceptors (Lipinski definition) is 2. The van der Waals surface area contributed by atoms with Crippen molar-refractivity contribution in [3.05, 3.63) is 35.4 Å². The van der Waals surface area contributed by atoms with Crippen molar-refractivity contribution < 1.29 is 5.11 Å². The molecule has 1 heterocycles. The van der Waals surface area contributed by atoms with E-state index in [1.54, 1.807) is 0 Å². The SMILES string of the molecule is CC(O)C(C)(C)CN1CCc2ccccc2CC1. The van der Waals surface area contributed by atoms with Crippen LogP contribution in [0, 0.1) is 5.41 Å². The number of nitrogens with zero attached hydrogens (tertiary/aromatic N) is 1. The van der Waals surface area contributed by atoms with E-state index in [-0.39, 0.29) is 11.5 Å². The second kappa shape index (κ2) is 5.41. The molecule has 0 aromatic heterocycles. The number of fused-ring (bicyclic) bond motifs is 1. The van der Waals surface area contributed by atoms with Crippen molar-refractivity contribution in [1.82, 2.24) is 4.90 Å². The Labute approximate surface area is 111 Å². The lowest BCUT2D eigenvalue weighted by Gasteiger charge is -2.34. The van der Waals surface area contributed by atoms with Crippen LogP contribution < -0.4 is 0 Å². The van der Waals surface area contributed by atoms with Crippen LogP contribution in [-0.2, 0) is 12.8 Å². The first kappa shape index (κ1) is 13.6. The Morgan fingerprint density at radius 1 is 1.17 bits per heavy atom. The van der Waals surface area contributed by atoms with E-state index in [2.05, 4.69) is 43.0 Å². The molecule has 1 aromatic carbocycles. The van der Waals surface area contributed by atoms with Crippen molar-refractivity contribution in [3.8, 4) is 0 Å². The van der Waals surface area contributed by atoms with Gasteiger partial charge in [-0.05, 0) is 30.9 Å². The zero-order chi connectivity index (χ0) is 13.2. The largest absolute Gasteiger partial charge is 0.393 e. The normalized spacial score (nSPS) is 19.1. The molecule has 2 heteroatoms. The highest BCUT2D eigenvalue weighted by Gasteiger charge is 2.27. The van der Waals surface area contributed by atoms with Crippen LogP contribution in [0.5, 0.6) is 0 Å². The summed E-state index contributed by atoms with van der Waals surface area (Å²) in [4.78, 5) is 2.49. The van der Waals surface area contributed by atoms with Crippen LogP contribution in [0.4, 0.5) is 0 Å². The average molecular weight is 247 g/mol. The van der Waals surface area contributed by atoms with Crippen LogP contribution in [0.25, 0.3) is 0 Å². The Hall–Kier alpha value is -0.860. The molecule has 1 N–H and O–H groups in total. The second-order valence-electron chi connectivity index (χ2n) is 6.21. The molecule has 0 spiro atoms. The summed E-state index contributed by atoms with van der Waals surface area (Å²) >= 11 is 0. The van der Waals surface area contributed by atoms with Crippen molar-refractivity contribution in [2.75, 3.05) is 19.6 Å². The monoisotopic (exact) mass is 247 g/mol. The van der Waals surface area contributed by atoms with Crippen molar-refractivity contribution in [3.63, 3.8) is 0 Å². The lowest BCUT2D eigenvalue weighted by atomic mass is 9.87. The standard InChI is InChI=1S/C16H25NO/c1-13(18)16(2,3)12-17-10-8-14-6-4-5-7-15(14)9-11-17/h4-7,13,18H,8-12H2,1-3H3.